The largest absolute Gasteiger partial charge is 0.465 e. The Morgan fingerprint density at radius 3 is 2.73 bits per heavy atom. The smallest absolute Gasteiger partial charge is 0.325 e. The monoisotopic (exact) mass is 363 g/mol. The number of benzene rings is 1. The van der Waals surface area contributed by atoms with E-state index in [2.05, 4.69) is 5.32 Å². The highest BCUT2D eigenvalue weighted by Gasteiger charge is 2.27. The fourth-order valence-corrected chi connectivity index (χ4v) is 2.85. The fraction of sp³-hybridized carbons (Fsp3) is 0.500. The maximum absolute atomic E-state index is 12.5. The van der Waals surface area contributed by atoms with Crippen LogP contribution in [0.4, 0.5) is 10.5 Å². The molecule has 3 amide bonds. The number of carbonyl (C=O) groups excluding carboxylic acids is 3. The SMILES string of the molecule is CCOC(=O)CNC(=O)N1CCC(=O)N(C)c2ccccc2C(OC)C1. The first kappa shape index (κ1) is 19.7. The number of hydrogen-bond donors (Lipinski definition) is 1. The average Bonchev–Trinajstić information content (AvgIpc) is 2.70. The van der Waals surface area contributed by atoms with Gasteiger partial charge >= 0.3 is 12.0 Å². The molecule has 0 radical (unpaired) electrons. The van der Waals surface area contributed by atoms with Crippen molar-refractivity contribution < 1.29 is 23.9 Å². The molecule has 0 saturated heterocycles. The number of methoxy groups -OCH3 is 1. The Morgan fingerprint density at radius 2 is 2.04 bits per heavy atom. The minimum atomic E-state index is -0.505. The van der Waals surface area contributed by atoms with Crippen LogP contribution < -0.4 is 10.2 Å². The number of carbonyl (C=O) groups is 3. The van der Waals surface area contributed by atoms with E-state index in [-0.39, 0.29) is 38.6 Å². The molecule has 1 unspecified atom stereocenters. The number of rotatable bonds is 4. The van der Waals surface area contributed by atoms with Gasteiger partial charge in [0, 0.05) is 38.4 Å². The van der Waals surface area contributed by atoms with Crippen molar-refractivity contribution in [2.45, 2.75) is 19.4 Å². The number of hydrogen-bond acceptors (Lipinski definition) is 5. The van der Waals surface area contributed by atoms with E-state index < -0.39 is 18.1 Å². The van der Waals surface area contributed by atoms with Crippen molar-refractivity contribution in [2.75, 3.05) is 45.3 Å². The number of ether oxygens (including phenoxy) is 2. The lowest BCUT2D eigenvalue weighted by Gasteiger charge is -2.27. The molecule has 0 fully saturated rings. The van der Waals surface area contributed by atoms with Crippen molar-refractivity contribution in [3.63, 3.8) is 0 Å². The average molecular weight is 363 g/mol. The van der Waals surface area contributed by atoms with Gasteiger partial charge in [-0.15, -0.1) is 0 Å². The van der Waals surface area contributed by atoms with Crippen LogP contribution in [0.2, 0.25) is 0 Å². The number of fused-ring (bicyclic) bond motifs is 1. The van der Waals surface area contributed by atoms with Crippen LogP contribution in [0.5, 0.6) is 0 Å². The van der Waals surface area contributed by atoms with Crippen LogP contribution in [0.15, 0.2) is 24.3 Å². The van der Waals surface area contributed by atoms with Crippen LogP contribution in [0.25, 0.3) is 0 Å². The van der Waals surface area contributed by atoms with Crippen molar-refractivity contribution in [1.29, 1.82) is 0 Å². The van der Waals surface area contributed by atoms with Gasteiger partial charge in [-0.3, -0.25) is 9.59 Å². The first-order valence-corrected chi connectivity index (χ1v) is 8.54. The second-order valence-corrected chi connectivity index (χ2v) is 5.90. The number of para-hydroxylation sites is 1. The summed E-state index contributed by atoms with van der Waals surface area (Å²) in [4.78, 5) is 39.4. The van der Waals surface area contributed by atoms with Crippen LogP contribution >= 0.6 is 0 Å². The summed E-state index contributed by atoms with van der Waals surface area (Å²) in [6.07, 6.45) is -0.221. The molecule has 0 bridgehead atoms. The first-order chi connectivity index (χ1) is 12.5. The number of esters is 1. The number of urea groups is 1. The Kier molecular flexibility index (Phi) is 6.97. The number of anilines is 1. The zero-order valence-corrected chi connectivity index (χ0v) is 15.4. The first-order valence-electron chi connectivity index (χ1n) is 8.54. The van der Waals surface area contributed by atoms with Crippen LogP contribution in [0, 0.1) is 0 Å². The second kappa shape index (κ2) is 9.19. The molecule has 26 heavy (non-hydrogen) atoms. The molecule has 142 valence electrons. The van der Waals surface area contributed by atoms with Gasteiger partial charge in [0.05, 0.1) is 13.2 Å². The van der Waals surface area contributed by atoms with Gasteiger partial charge in [-0.05, 0) is 13.0 Å². The topological polar surface area (TPSA) is 88.2 Å². The Morgan fingerprint density at radius 1 is 1.31 bits per heavy atom. The fourth-order valence-electron chi connectivity index (χ4n) is 2.85. The van der Waals surface area contributed by atoms with E-state index in [0.29, 0.717) is 0 Å². The third-order valence-corrected chi connectivity index (χ3v) is 4.26. The molecule has 1 aromatic rings. The van der Waals surface area contributed by atoms with Crippen molar-refractivity contribution in [2.24, 2.45) is 0 Å². The van der Waals surface area contributed by atoms with Gasteiger partial charge < -0.3 is 24.6 Å². The molecule has 2 rings (SSSR count). The van der Waals surface area contributed by atoms with E-state index in [1.807, 2.05) is 24.3 Å². The second-order valence-electron chi connectivity index (χ2n) is 5.90. The van der Waals surface area contributed by atoms with Gasteiger partial charge in [-0.2, -0.15) is 0 Å². The molecule has 0 aromatic heterocycles. The number of amides is 3. The molecule has 8 nitrogen and oxygen atoms in total. The van der Waals surface area contributed by atoms with Crippen LogP contribution in [0.1, 0.15) is 25.0 Å². The van der Waals surface area contributed by atoms with Gasteiger partial charge in [-0.1, -0.05) is 18.2 Å². The van der Waals surface area contributed by atoms with Crippen molar-refractivity contribution in [1.82, 2.24) is 10.2 Å². The third-order valence-electron chi connectivity index (χ3n) is 4.26. The van der Waals surface area contributed by atoms with E-state index in [0.717, 1.165) is 11.3 Å². The molecule has 0 aliphatic carbocycles. The molecule has 1 N–H and O–H groups in total. The Bertz CT molecular complexity index is 664. The molecule has 0 spiro atoms. The third kappa shape index (κ3) is 4.72. The predicted octanol–water partition coefficient (Wildman–Crippen LogP) is 1.32. The minimum absolute atomic E-state index is 0.0996. The zero-order valence-electron chi connectivity index (χ0n) is 15.4. The van der Waals surface area contributed by atoms with E-state index in [1.165, 1.54) is 4.90 Å². The number of nitrogens with zero attached hydrogens (tertiary/aromatic N) is 2. The maximum atomic E-state index is 12.5. The molecule has 8 heteroatoms. The lowest BCUT2D eigenvalue weighted by atomic mass is 10.1. The zero-order chi connectivity index (χ0) is 19.1. The van der Waals surface area contributed by atoms with Crippen molar-refractivity contribution >= 4 is 23.6 Å². The van der Waals surface area contributed by atoms with Crippen molar-refractivity contribution in [3.8, 4) is 0 Å². The standard InChI is InChI=1S/C18H25N3O5/c1-4-26-17(23)11-19-18(24)21-10-9-16(22)20(2)14-8-6-5-7-13(14)15(12-21)25-3/h5-8,15H,4,9-12H2,1-3H3,(H,19,24). The summed E-state index contributed by atoms with van der Waals surface area (Å²) in [6, 6.07) is 7.03. The lowest BCUT2D eigenvalue weighted by Crippen LogP contribution is -2.45. The summed E-state index contributed by atoms with van der Waals surface area (Å²) in [7, 11) is 3.28. The summed E-state index contributed by atoms with van der Waals surface area (Å²) in [5.41, 5.74) is 1.59. The highest BCUT2D eigenvalue weighted by molar-refractivity contribution is 5.94. The Balaban J connectivity index is 2.19. The highest BCUT2D eigenvalue weighted by atomic mass is 16.5. The van der Waals surface area contributed by atoms with Gasteiger partial charge in [-0.25, -0.2) is 4.79 Å². The lowest BCUT2D eigenvalue weighted by molar-refractivity contribution is -0.141. The quantitative estimate of drug-likeness (QED) is 0.815. The highest BCUT2D eigenvalue weighted by Crippen LogP contribution is 2.30. The summed E-state index contributed by atoms with van der Waals surface area (Å²) in [6.45, 7) is 2.23. The summed E-state index contributed by atoms with van der Waals surface area (Å²) >= 11 is 0. The van der Waals surface area contributed by atoms with Crippen LogP contribution in [-0.4, -0.2) is 63.2 Å². The molecule has 1 aromatic carbocycles. The maximum Gasteiger partial charge on any atom is 0.325 e. The summed E-state index contributed by atoms with van der Waals surface area (Å²) in [5.74, 6) is -0.605. The Labute approximate surface area is 153 Å². The van der Waals surface area contributed by atoms with Crippen molar-refractivity contribution in [3.05, 3.63) is 29.8 Å². The summed E-state index contributed by atoms with van der Waals surface area (Å²) < 4.78 is 10.4. The van der Waals surface area contributed by atoms with E-state index in [4.69, 9.17) is 9.47 Å². The van der Waals surface area contributed by atoms with E-state index in [1.54, 1.807) is 26.0 Å². The minimum Gasteiger partial charge on any atom is -0.465 e. The Hall–Kier alpha value is -2.61. The van der Waals surface area contributed by atoms with E-state index in [9.17, 15) is 14.4 Å². The summed E-state index contributed by atoms with van der Waals surface area (Å²) in [5, 5.41) is 2.53. The molecule has 0 saturated carbocycles. The number of nitrogens with one attached hydrogen (secondary N) is 1. The molecule has 1 aliphatic rings. The molecular weight excluding hydrogens is 338 g/mol. The van der Waals surface area contributed by atoms with E-state index >= 15 is 0 Å². The normalized spacial score (nSPS) is 17.7. The molecule has 1 atom stereocenters. The van der Waals surface area contributed by atoms with Crippen LogP contribution in [-0.2, 0) is 19.1 Å². The van der Waals surface area contributed by atoms with Gasteiger partial charge in [0.2, 0.25) is 5.91 Å². The molecule has 1 heterocycles. The van der Waals surface area contributed by atoms with Gasteiger partial charge in [0.15, 0.2) is 0 Å². The van der Waals surface area contributed by atoms with Gasteiger partial charge in [0.1, 0.15) is 12.6 Å². The molecular formula is C18H25N3O5. The predicted molar refractivity (Wildman–Crippen MR) is 95.8 cm³/mol. The van der Waals surface area contributed by atoms with Gasteiger partial charge in [0.25, 0.3) is 0 Å². The van der Waals surface area contributed by atoms with Crippen LogP contribution in [0.3, 0.4) is 0 Å². The molecule has 1 aliphatic heterocycles.